The zero-order valence-electron chi connectivity index (χ0n) is 17.6. The summed E-state index contributed by atoms with van der Waals surface area (Å²) in [5, 5.41) is 1.89. The lowest BCUT2D eigenvalue weighted by molar-refractivity contribution is 0.0517. The maximum absolute atomic E-state index is 13.6. The molecule has 4 aromatic heterocycles. The molecule has 5 nitrogen and oxygen atoms in total. The van der Waals surface area contributed by atoms with Crippen molar-refractivity contribution in [2.24, 2.45) is 0 Å². The van der Waals surface area contributed by atoms with Gasteiger partial charge in [0.1, 0.15) is 5.69 Å². The molecule has 0 aliphatic rings. The summed E-state index contributed by atoms with van der Waals surface area (Å²) in [6.45, 7) is 4.17. The Labute approximate surface area is 185 Å². The summed E-state index contributed by atoms with van der Waals surface area (Å²) in [5.74, 6) is -0.452. The fourth-order valence-electron chi connectivity index (χ4n) is 3.83. The van der Waals surface area contributed by atoms with Gasteiger partial charge in [-0.1, -0.05) is 19.4 Å². The number of thiophene rings is 1. The molecule has 31 heavy (non-hydrogen) atoms. The molecule has 0 bridgehead atoms. The summed E-state index contributed by atoms with van der Waals surface area (Å²) in [5.41, 5.74) is 4.50. The second kappa shape index (κ2) is 9.27. The Morgan fingerprint density at radius 3 is 2.58 bits per heavy atom. The van der Waals surface area contributed by atoms with E-state index in [0.717, 1.165) is 35.0 Å². The van der Waals surface area contributed by atoms with Crippen LogP contribution in [0.5, 0.6) is 0 Å². The van der Waals surface area contributed by atoms with Crippen LogP contribution in [0, 0.1) is 0 Å². The van der Waals surface area contributed by atoms with Crippen molar-refractivity contribution in [3.05, 3.63) is 82.1 Å². The van der Waals surface area contributed by atoms with Crippen LogP contribution < -0.4 is 0 Å². The monoisotopic (exact) mass is 432 g/mol. The van der Waals surface area contributed by atoms with Gasteiger partial charge in [0, 0.05) is 18.6 Å². The van der Waals surface area contributed by atoms with E-state index in [1.54, 1.807) is 19.3 Å². The van der Waals surface area contributed by atoms with Crippen molar-refractivity contribution in [1.82, 2.24) is 9.38 Å². The van der Waals surface area contributed by atoms with Crippen LogP contribution in [0.1, 0.15) is 58.0 Å². The summed E-state index contributed by atoms with van der Waals surface area (Å²) in [6, 6.07) is 11.5. The fraction of sp³-hybridized carbons (Fsp3) is 0.240. The van der Waals surface area contributed by atoms with E-state index in [0.29, 0.717) is 22.6 Å². The molecule has 6 heteroatoms. The van der Waals surface area contributed by atoms with Gasteiger partial charge < -0.3 is 9.14 Å². The largest absolute Gasteiger partial charge is 0.461 e. The average Bonchev–Trinajstić information content (AvgIpc) is 3.44. The van der Waals surface area contributed by atoms with Gasteiger partial charge in [-0.25, -0.2) is 4.79 Å². The molecule has 158 valence electrons. The Bertz CT molecular complexity index is 1210. The van der Waals surface area contributed by atoms with E-state index < -0.39 is 5.97 Å². The van der Waals surface area contributed by atoms with E-state index in [-0.39, 0.29) is 12.4 Å². The number of rotatable bonds is 8. The van der Waals surface area contributed by atoms with E-state index in [1.165, 1.54) is 11.3 Å². The number of nitrogens with zero attached hydrogens (tertiary/aromatic N) is 2. The Kier molecular flexibility index (Phi) is 6.28. The molecule has 0 aliphatic heterocycles. The number of ketones is 1. The normalized spacial score (nSPS) is 11.0. The van der Waals surface area contributed by atoms with Crippen molar-refractivity contribution in [2.75, 3.05) is 6.61 Å². The number of unbranched alkanes of at least 4 members (excludes halogenated alkanes) is 1. The number of carbonyl (C=O) groups is 2. The molecular weight excluding hydrogens is 408 g/mol. The first-order valence-corrected chi connectivity index (χ1v) is 11.4. The van der Waals surface area contributed by atoms with Crippen molar-refractivity contribution in [3.63, 3.8) is 0 Å². The lowest BCUT2D eigenvalue weighted by Gasteiger charge is -2.07. The summed E-state index contributed by atoms with van der Waals surface area (Å²) in [4.78, 5) is 31.3. The van der Waals surface area contributed by atoms with Gasteiger partial charge in [0.15, 0.2) is 0 Å². The molecule has 0 N–H and O–H groups in total. The summed E-state index contributed by atoms with van der Waals surface area (Å²) in [6.07, 6.45) is 7.83. The second-order valence-electron chi connectivity index (χ2n) is 7.24. The van der Waals surface area contributed by atoms with Gasteiger partial charge >= 0.3 is 5.97 Å². The first kappa shape index (κ1) is 21.0. The third-order valence-corrected chi connectivity index (χ3v) is 6.14. The van der Waals surface area contributed by atoms with Crippen molar-refractivity contribution < 1.29 is 14.3 Å². The molecule has 4 rings (SSSR count). The number of aromatic nitrogens is 2. The van der Waals surface area contributed by atoms with E-state index in [4.69, 9.17) is 4.74 Å². The van der Waals surface area contributed by atoms with Gasteiger partial charge in [0.2, 0.25) is 5.78 Å². The number of carbonyl (C=O) groups excluding carboxylic acids is 2. The van der Waals surface area contributed by atoms with Crippen LogP contribution in [0.3, 0.4) is 0 Å². The van der Waals surface area contributed by atoms with Crippen molar-refractivity contribution in [1.29, 1.82) is 0 Å². The highest BCUT2D eigenvalue weighted by Crippen LogP contribution is 2.32. The zero-order valence-corrected chi connectivity index (χ0v) is 18.4. The van der Waals surface area contributed by atoms with Crippen molar-refractivity contribution >= 4 is 28.6 Å². The van der Waals surface area contributed by atoms with Crippen LogP contribution in [0.25, 0.3) is 16.6 Å². The predicted octanol–water partition coefficient (Wildman–Crippen LogP) is 5.81. The molecule has 0 saturated heterocycles. The molecule has 0 aliphatic carbocycles. The van der Waals surface area contributed by atoms with Gasteiger partial charge in [-0.15, -0.1) is 11.3 Å². The second-order valence-corrected chi connectivity index (χ2v) is 8.19. The predicted molar refractivity (Wildman–Crippen MR) is 123 cm³/mol. The Hall–Kier alpha value is -3.25. The van der Waals surface area contributed by atoms with E-state index >= 15 is 0 Å². The molecule has 0 unspecified atom stereocenters. The van der Waals surface area contributed by atoms with Crippen LogP contribution in [0.2, 0.25) is 0 Å². The van der Waals surface area contributed by atoms with Crippen LogP contribution in [-0.2, 0) is 11.2 Å². The smallest absolute Gasteiger partial charge is 0.355 e. The highest BCUT2D eigenvalue weighted by Gasteiger charge is 2.28. The summed E-state index contributed by atoms with van der Waals surface area (Å²) in [7, 11) is 0. The minimum Gasteiger partial charge on any atom is -0.461 e. The number of pyridine rings is 2. The maximum atomic E-state index is 13.6. The first-order chi connectivity index (χ1) is 15.2. The molecule has 4 heterocycles. The first-order valence-electron chi connectivity index (χ1n) is 10.5. The number of hydrogen-bond donors (Lipinski definition) is 0. The van der Waals surface area contributed by atoms with E-state index in [9.17, 15) is 9.59 Å². The third kappa shape index (κ3) is 4.03. The van der Waals surface area contributed by atoms with Crippen molar-refractivity contribution in [3.8, 4) is 11.1 Å². The number of ether oxygens (including phenoxy) is 1. The summed E-state index contributed by atoms with van der Waals surface area (Å²) >= 11 is 1.41. The molecule has 0 spiro atoms. The number of hydrogen-bond acceptors (Lipinski definition) is 5. The highest BCUT2D eigenvalue weighted by atomic mass is 32.1. The van der Waals surface area contributed by atoms with Gasteiger partial charge in [0.25, 0.3) is 0 Å². The Morgan fingerprint density at radius 2 is 1.90 bits per heavy atom. The summed E-state index contributed by atoms with van der Waals surface area (Å²) < 4.78 is 7.19. The molecule has 0 aromatic carbocycles. The SMILES string of the molecule is CCCCc1c(C(=O)c2cccs2)c2cc(-c3ccncc3)ccn2c1C(=O)OCC. The molecule has 4 aromatic rings. The molecule has 0 saturated carbocycles. The molecule has 0 radical (unpaired) electrons. The maximum Gasteiger partial charge on any atom is 0.355 e. The Morgan fingerprint density at radius 1 is 1.10 bits per heavy atom. The average molecular weight is 433 g/mol. The minimum atomic E-state index is -0.398. The van der Waals surface area contributed by atoms with Crippen LogP contribution in [0.4, 0.5) is 0 Å². The van der Waals surface area contributed by atoms with E-state index in [2.05, 4.69) is 11.9 Å². The van der Waals surface area contributed by atoms with Gasteiger partial charge in [0.05, 0.1) is 22.6 Å². The standard InChI is InChI=1S/C25H24N2O3S/c1-3-5-7-19-22(24(28)21-8-6-15-31-21)20-16-18(17-9-12-26-13-10-17)11-14-27(20)23(19)25(29)30-4-2/h6,8-16H,3-5,7H2,1-2H3. The lowest BCUT2D eigenvalue weighted by Crippen LogP contribution is -2.11. The number of esters is 1. The highest BCUT2D eigenvalue weighted by molar-refractivity contribution is 7.12. The molecule has 0 fully saturated rings. The fourth-order valence-corrected chi connectivity index (χ4v) is 4.50. The number of fused-ring (bicyclic) bond motifs is 1. The zero-order chi connectivity index (χ0) is 21.8. The topological polar surface area (TPSA) is 60.7 Å². The Balaban J connectivity index is 2.00. The molecule has 0 atom stereocenters. The molecular formula is C25H24N2O3S. The van der Waals surface area contributed by atoms with Crippen molar-refractivity contribution in [2.45, 2.75) is 33.1 Å². The molecule has 0 amide bonds. The van der Waals surface area contributed by atoms with Gasteiger partial charge in [-0.3, -0.25) is 9.78 Å². The quantitative estimate of drug-likeness (QED) is 0.260. The van der Waals surface area contributed by atoms with Crippen LogP contribution >= 0.6 is 11.3 Å². The lowest BCUT2D eigenvalue weighted by atomic mass is 9.98. The van der Waals surface area contributed by atoms with Gasteiger partial charge in [-0.05, 0) is 72.2 Å². The van der Waals surface area contributed by atoms with Crippen LogP contribution in [-0.4, -0.2) is 27.7 Å². The third-order valence-electron chi connectivity index (χ3n) is 5.27. The van der Waals surface area contributed by atoms with E-state index in [1.807, 2.05) is 52.4 Å². The minimum absolute atomic E-state index is 0.0546. The van der Waals surface area contributed by atoms with Crippen LogP contribution in [0.15, 0.2) is 60.4 Å². The van der Waals surface area contributed by atoms with Gasteiger partial charge in [-0.2, -0.15) is 0 Å².